The number of carbonyl (C=O) groups is 1. The lowest BCUT2D eigenvalue weighted by Crippen LogP contribution is -2.37. The van der Waals surface area contributed by atoms with Crippen molar-refractivity contribution in [3.63, 3.8) is 0 Å². The molecular weight excluding hydrogens is 531 g/mol. The van der Waals surface area contributed by atoms with Gasteiger partial charge in [0.05, 0.1) is 32.3 Å². The van der Waals surface area contributed by atoms with Gasteiger partial charge in [-0.15, -0.1) is 5.10 Å². The second kappa shape index (κ2) is 9.64. The molecule has 6 rings (SSSR count). The highest BCUT2D eigenvalue weighted by Gasteiger charge is 2.64. The molecule has 2 atom stereocenters. The number of likely N-dealkylation sites (tertiary alicyclic amines) is 1. The minimum Gasteiger partial charge on any atom is -0.497 e. The Bertz CT molecular complexity index is 1670. The highest BCUT2D eigenvalue weighted by molar-refractivity contribution is 5.93. The zero-order valence-corrected chi connectivity index (χ0v) is 23.9. The number of nitrogens with zero attached hydrogens (tertiary/aromatic N) is 5. The monoisotopic (exact) mass is 564 g/mol. The largest absolute Gasteiger partial charge is 0.497 e. The first-order chi connectivity index (χ1) is 19.5. The SMILES string of the molecule is COc1ccc(CNc2nc3cc(OC)c(F)cc3c3nc(C45CC4CN(C(=O)OC(C)(C)C)C5)nn23)c(OC)c1. The van der Waals surface area contributed by atoms with Crippen LogP contribution in [-0.2, 0) is 16.7 Å². The van der Waals surface area contributed by atoms with Gasteiger partial charge in [0.2, 0.25) is 5.95 Å². The van der Waals surface area contributed by atoms with Crippen LogP contribution in [0.5, 0.6) is 17.2 Å². The van der Waals surface area contributed by atoms with Crippen LogP contribution in [0, 0.1) is 11.7 Å². The maximum absolute atomic E-state index is 14.8. The highest BCUT2D eigenvalue weighted by atomic mass is 19.1. The second-order valence-electron chi connectivity index (χ2n) is 11.6. The van der Waals surface area contributed by atoms with Crippen LogP contribution in [0.2, 0.25) is 0 Å². The van der Waals surface area contributed by atoms with E-state index in [4.69, 9.17) is 34.0 Å². The normalized spacial score (nSPS) is 19.8. The van der Waals surface area contributed by atoms with Gasteiger partial charge in [0.15, 0.2) is 23.0 Å². The minimum atomic E-state index is -0.582. The fraction of sp³-hybridized carbons (Fsp3) is 0.448. The summed E-state index contributed by atoms with van der Waals surface area (Å²) in [5.74, 6) is 2.16. The van der Waals surface area contributed by atoms with Gasteiger partial charge in [0.25, 0.3) is 0 Å². The topological polar surface area (TPSA) is 112 Å². The number of methoxy groups -OCH3 is 3. The van der Waals surface area contributed by atoms with Crippen LogP contribution < -0.4 is 19.5 Å². The van der Waals surface area contributed by atoms with Crippen LogP contribution in [0.25, 0.3) is 16.6 Å². The Morgan fingerprint density at radius 3 is 2.59 bits per heavy atom. The lowest BCUT2D eigenvalue weighted by atomic mass is 10.1. The van der Waals surface area contributed by atoms with E-state index in [1.54, 1.807) is 29.7 Å². The molecule has 4 aromatic rings. The van der Waals surface area contributed by atoms with E-state index in [-0.39, 0.29) is 23.2 Å². The highest BCUT2D eigenvalue weighted by Crippen LogP contribution is 2.58. The number of fused-ring (bicyclic) bond motifs is 4. The number of piperidine rings is 1. The Balaban J connectivity index is 1.39. The van der Waals surface area contributed by atoms with Gasteiger partial charge in [-0.1, -0.05) is 0 Å². The molecule has 11 nitrogen and oxygen atoms in total. The van der Waals surface area contributed by atoms with Gasteiger partial charge in [-0.2, -0.15) is 4.52 Å². The molecule has 1 aliphatic heterocycles. The number of carbonyl (C=O) groups excluding carboxylic acids is 1. The van der Waals surface area contributed by atoms with E-state index in [9.17, 15) is 9.18 Å². The van der Waals surface area contributed by atoms with Crippen LogP contribution in [0.3, 0.4) is 0 Å². The van der Waals surface area contributed by atoms with E-state index < -0.39 is 11.4 Å². The third-order valence-electron chi connectivity index (χ3n) is 7.72. The molecule has 0 bridgehead atoms. The van der Waals surface area contributed by atoms with Gasteiger partial charge in [-0.05, 0) is 51.3 Å². The average molecular weight is 565 g/mol. The average Bonchev–Trinajstić information content (AvgIpc) is 3.27. The molecule has 216 valence electrons. The van der Waals surface area contributed by atoms with Crippen molar-refractivity contribution < 1.29 is 28.1 Å². The Labute approximate surface area is 236 Å². The summed E-state index contributed by atoms with van der Waals surface area (Å²) < 4.78 is 38.1. The summed E-state index contributed by atoms with van der Waals surface area (Å²) in [4.78, 5) is 24.2. The molecule has 2 fully saturated rings. The molecule has 1 amide bonds. The zero-order valence-electron chi connectivity index (χ0n) is 23.9. The number of nitrogens with one attached hydrogen (secondary N) is 1. The third kappa shape index (κ3) is 4.70. The van der Waals surface area contributed by atoms with Crippen molar-refractivity contribution in [2.45, 2.75) is 44.8 Å². The van der Waals surface area contributed by atoms with Gasteiger partial charge < -0.3 is 29.2 Å². The summed E-state index contributed by atoms with van der Waals surface area (Å²) in [5, 5.41) is 8.74. The van der Waals surface area contributed by atoms with Crippen LogP contribution >= 0.6 is 0 Å². The third-order valence-corrected chi connectivity index (χ3v) is 7.72. The number of ether oxygens (including phenoxy) is 4. The number of anilines is 1. The van der Waals surface area contributed by atoms with Crippen LogP contribution in [0.15, 0.2) is 30.3 Å². The number of halogens is 1. The van der Waals surface area contributed by atoms with Crippen molar-refractivity contribution in [3.8, 4) is 17.2 Å². The van der Waals surface area contributed by atoms with Crippen LogP contribution in [0.1, 0.15) is 38.6 Å². The molecule has 1 aliphatic carbocycles. The quantitative estimate of drug-likeness (QED) is 0.345. The standard InChI is InChI=1S/C29H33FN6O5/c1-28(2,3)41-27(37)35-14-17-12-29(17,15-35)25-33-24-19-10-20(30)23(40-6)11-21(19)32-26(36(24)34-25)31-13-16-7-8-18(38-4)9-22(16)39-5/h7-11,17H,12-15H2,1-6H3,(H,31,32). The first-order valence-electron chi connectivity index (χ1n) is 13.4. The summed E-state index contributed by atoms with van der Waals surface area (Å²) in [6, 6.07) is 8.49. The number of aromatic nitrogens is 4. The first kappa shape index (κ1) is 26.9. The zero-order chi connectivity index (χ0) is 29.1. The summed E-state index contributed by atoms with van der Waals surface area (Å²) in [6.45, 7) is 6.96. The predicted molar refractivity (Wildman–Crippen MR) is 149 cm³/mol. The minimum absolute atomic E-state index is 0.0847. The molecule has 3 heterocycles. The predicted octanol–water partition coefficient (Wildman–Crippen LogP) is 4.56. The Hall–Kier alpha value is -4.35. The maximum atomic E-state index is 14.8. The number of hydrogen-bond acceptors (Lipinski definition) is 9. The first-order valence-corrected chi connectivity index (χ1v) is 13.4. The summed E-state index contributed by atoms with van der Waals surface area (Å²) >= 11 is 0. The molecule has 0 spiro atoms. The molecule has 1 saturated carbocycles. The van der Waals surface area contributed by atoms with Crippen molar-refractivity contribution in [2.75, 3.05) is 39.7 Å². The fourth-order valence-corrected chi connectivity index (χ4v) is 5.56. The lowest BCUT2D eigenvalue weighted by molar-refractivity contribution is 0.0269. The van der Waals surface area contributed by atoms with Gasteiger partial charge in [0.1, 0.15) is 17.1 Å². The molecule has 41 heavy (non-hydrogen) atoms. The number of amides is 1. The van der Waals surface area contributed by atoms with Crippen molar-refractivity contribution >= 4 is 28.6 Å². The molecule has 1 N–H and O–H groups in total. The van der Waals surface area contributed by atoms with E-state index in [0.29, 0.717) is 59.5 Å². The van der Waals surface area contributed by atoms with Crippen LogP contribution in [-0.4, -0.2) is 70.6 Å². The molecule has 2 aromatic carbocycles. The van der Waals surface area contributed by atoms with Crippen LogP contribution in [0.4, 0.5) is 15.1 Å². The van der Waals surface area contributed by atoms with Gasteiger partial charge in [0, 0.05) is 42.7 Å². The second-order valence-corrected chi connectivity index (χ2v) is 11.6. The van der Waals surface area contributed by atoms with Gasteiger partial charge >= 0.3 is 6.09 Å². The molecule has 12 heteroatoms. The molecular formula is C29H33FN6O5. The lowest BCUT2D eigenvalue weighted by Gasteiger charge is -2.25. The Morgan fingerprint density at radius 2 is 1.88 bits per heavy atom. The van der Waals surface area contributed by atoms with E-state index in [1.165, 1.54) is 13.2 Å². The smallest absolute Gasteiger partial charge is 0.410 e. The number of hydrogen-bond donors (Lipinski definition) is 1. The molecule has 2 unspecified atom stereocenters. The van der Waals surface area contributed by atoms with Crippen molar-refractivity contribution in [3.05, 3.63) is 47.5 Å². The fourth-order valence-electron chi connectivity index (χ4n) is 5.56. The molecule has 2 aliphatic rings. The van der Waals surface area contributed by atoms with Gasteiger partial charge in [-0.3, -0.25) is 0 Å². The Kier molecular flexibility index (Phi) is 6.31. The van der Waals surface area contributed by atoms with E-state index >= 15 is 0 Å². The van der Waals surface area contributed by atoms with E-state index in [2.05, 4.69) is 5.32 Å². The van der Waals surface area contributed by atoms with E-state index in [0.717, 1.165) is 12.0 Å². The molecule has 1 saturated heterocycles. The Morgan fingerprint density at radius 1 is 1.10 bits per heavy atom. The van der Waals surface area contributed by atoms with E-state index in [1.807, 2.05) is 39.0 Å². The van der Waals surface area contributed by atoms with Crippen molar-refractivity contribution in [1.29, 1.82) is 0 Å². The van der Waals surface area contributed by atoms with Gasteiger partial charge in [-0.25, -0.2) is 19.2 Å². The van der Waals surface area contributed by atoms with Crippen molar-refractivity contribution in [1.82, 2.24) is 24.5 Å². The van der Waals surface area contributed by atoms with Crippen molar-refractivity contribution in [2.24, 2.45) is 5.92 Å². The summed E-state index contributed by atoms with van der Waals surface area (Å²) in [6.07, 6.45) is 0.521. The number of benzene rings is 2. The number of rotatable bonds is 7. The maximum Gasteiger partial charge on any atom is 0.410 e. The molecule has 2 aromatic heterocycles. The summed E-state index contributed by atoms with van der Waals surface area (Å²) in [7, 11) is 4.61. The summed E-state index contributed by atoms with van der Waals surface area (Å²) in [5.41, 5.74) is 0.889. The molecule has 0 radical (unpaired) electrons.